The molecule has 0 aliphatic carbocycles. The molecule has 25 heavy (non-hydrogen) atoms. The van der Waals surface area contributed by atoms with E-state index >= 15 is 0 Å². The zero-order valence-electron chi connectivity index (χ0n) is 14.3. The van der Waals surface area contributed by atoms with E-state index in [1.807, 2.05) is 0 Å². The molecule has 0 radical (unpaired) electrons. The fourth-order valence-corrected chi connectivity index (χ4v) is 3.54. The SMILES string of the molecule is COc1ccc(S(N)(=O)=O)cc1-c1nc(CC2CCN(C)CC2)no1. The van der Waals surface area contributed by atoms with Gasteiger partial charge >= 0.3 is 0 Å². The molecule has 1 aliphatic heterocycles. The maximum atomic E-state index is 11.6. The Hall–Kier alpha value is -1.97. The summed E-state index contributed by atoms with van der Waals surface area (Å²) in [6.45, 7) is 2.14. The topological polar surface area (TPSA) is 112 Å². The lowest BCUT2D eigenvalue weighted by Crippen LogP contribution is -2.31. The minimum atomic E-state index is -3.83. The van der Waals surface area contributed by atoms with Crippen LogP contribution in [-0.4, -0.2) is 50.7 Å². The minimum Gasteiger partial charge on any atom is -0.496 e. The molecular weight excluding hydrogens is 344 g/mol. The van der Waals surface area contributed by atoms with Gasteiger partial charge in [0.25, 0.3) is 5.89 Å². The molecule has 136 valence electrons. The van der Waals surface area contributed by atoms with Crippen molar-refractivity contribution in [3.63, 3.8) is 0 Å². The van der Waals surface area contributed by atoms with Crippen LogP contribution in [0.1, 0.15) is 18.7 Å². The Balaban J connectivity index is 1.84. The van der Waals surface area contributed by atoms with E-state index in [2.05, 4.69) is 22.1 Å². The highest BCUT2D eigenvalue weighted by atomic mass is 32.2. The number of methoxy groups -OCH3 is 1. The number of rotatable bonds is 5. The van der Waals surface area contributed by atoms with Crippen molar-refractivity contribution in [3.8, 4) is 17.2 Å². The molecule has 3 rings (SSSR count). The molecule has 0 bridgehead atoms. The number of hydrogen-bond donors (Lipinski definition) is 1. The van der Waals surface area contributed by atoms with Crippen molar-refractivity contribution >= 4 is 10.0 Å². The fraction of sp³-hybridized carbons (Fsp3) is 0.500. The molecule has 9 heteroatoms. The van der Waals surface area contributed by atoms with Gasteiger partial charge < -0.3 is 14.2 Å². The minimum absolute atomic E-state index is 0.0293. The van der Waals surface area contributed by atoms with Gasteiger partial charge in [-0.3, -0.25) is 0 Å². The second-order valence-corrected chi connectivity index (χ2v) is 7.94. The molecular formula is C16H22N4O4S. The third kappa shape index (κ3) is 4.17. The monoisotopic (exact) mass is 366 g/mol. The van der Waals surface area contributed by atoms with E-state index in [-0.39, 0.29) is 10.8 Å². The number of primary sulfonamides is 1. The molecule has 1 aromatic carbocycles. The highest BCUT2D eigenvalue weighted by Gasteiger charge is 2.22. The summed E-state index contributed by atoms with van der Waals surface area (Å²) in [6.07, 6.45) is 2.95. The maximum Gasteiger partial charge on any atom is 0.261 e. The number of hydrogen-bond acceptors (Lipinski definition) is 7. The van der Waals surface area contributed by atoms with Gasteiger partial charge in [0.1, 0.15) is 5.75 Å². The standard InChI is InChI=1S/C16H22N4O4S/c1-20-7-5-11(6-8-20)9-15-18-16(24-19-15)13-10-12(25(17,21)22)3-4-14(13)23-2/h3-4,10-11H,5-9H2,1-2H3,(H2,17,21,22). The first-order chi connectivity index (χ1) is 11.9. The molecule has 2 aromatic rings. The van der Waals surface area contributed by atoms with Crippen LogP contribution >= 0.6 is 0 Å². The third-order valence-electron chi connectivity index (χ3n) is 4.51. The van der Waals surface area contributed by atoms with Crippen LogP contribution in [0.5, 0.6) is 5.75 Å². The summed E-state index contributed by atoms with van der Waals surface area (Å²) in [7, 11) is -0.220. The van der Waals surface area contributed by atoms with Crippen molar-refractivity contribution in [2.75, 3.05) is 27.2 Å². The smallest absolute Gasteiger partial charge is 0.261 e. The Kier molecular flexibility index (Phi) is 5.07. The second kappa shape index (κ2) is 7.11. The Morgan fingerprint density at radius 3 is 2.72 bits per heavy atom. The fourth-order valence-electron chi connectivity index (χ4n) is 3.00. The van der Waals surface area contributed by atoms with Gasteiger partial charge in [-0.15, -0.1) is 0 Å². The average Bonchev–Trinajstić information content (AvgIpc) is 3.04. The predicted molar refractivity (Wildman–Crippen MR) is 91.6 cm³/mol. The number of sulfonamides is 1. The van der Waals surface area contributed by atoms with E-state index < -0.39 is 10.0 Å². The van der Waals surface area contributed by atoms with Gasteiger partial charge in [-0.25, -0.2) is 13.6 Å². The zero-order valence-corrected chi connectivity index (χ0v) is 15.1. The van der Waals surface area contributed by atoms with Crippen LogP contribution < -0.4 is 9.88 Å². The number of ether oxygens (including phenoxy) is 1. The molecule has 1 fully saturated rings. The first-order valence-electron chi connectivity index (χ1n) is 8.09. The molecule has 2 N–H and O–H groups in total. The summed E-state index contributed by atoms with van der Waals surface area (Å²) < 4.78 is 33.8. The van der Waals surface area contributed by atoms with Gasteiger partial charge in [-0.1, -0.05) is 5.16 Å². The van der Waals surface area contributed by atoms with E-state index in [1.165, 1.54) is 25.3 Å². The lowest BCUT2D eigenvalue weighted by atomic mass is 9.94. The first kappa shape index (κ1) is 17.8. The van der Waals surface area contributed by atoms with Crippen LogP contribution in [0.15, 0.2) is 27.6 Å². The molecule has 2 heterocycles. The van der Waals surface area contributed by atoms with E-state index in [1.54, 1.807) is 0 Å². The van der Waals surface area contributed by atoms with Gasteiger partial charge in [-0.05, 0) is 57.1 Å². The number of likely N-dealkylation sites (tertiary alicyclic amines) is 1. The van der Waals surface area contributed by atoms with Crippen LogP contribution in [-0.2, 0) is 16.4 Å². The zero-order chi connectivity index (χ0) is 18.0. The van der Waals surface area contributed by atoms with E-state index in [4.69, 9.17) is 14.4 Å². The van der Waals surface area contributed by atoms with E-state index in [0.717, 1.165) is 32.4 Å². The molecule has 1 aromatic heterocycles. The average molecular weight is 366 g/mol. The summed E-state index contributed by atoms with van der Waals surface area (Å²) in [4.78, 5) is 6.70. The highest BCUT2D eigenvalue weighted by Crippen LogP contribution is 2.31. The van der Waals surface area contributed by atoms with Crippen molar-refractivity contribution in [2.24, 2.45) is 11.1 Å². The van der Waals surface area contributed by atoms with Crippen LogP contribution in [0.3, 0.4) is 0 Å². The summed E-state index contributed by atoms with van der Waals surface area (Å²) in [5, 5.41) is 9.23. The first-order valence-corrected chi connectivity index (χ1v) is 9.64. The van der Waals surface area contributed by atoms with Crippen LogP contribution in [0, 0.1) is 5.92 Å². The van der Waals surface area contributed by atoms with Gasteiger partial charge in [0.05, 0.1) is 17.6 Å². The molecule has 1 aliphatic rings. The maximum absolute atomic E-state index is 11.6. The lowest BCUT2D eigenvalue weighted by molar-refractivity contribution is 0.216. The number of aromatic nitrogens is 2. The van der Waals surface area contributed by atoms with Crippen LogP contribution in [0.25, 0.3) is 11.5 Å². The van der Waals surface area contributed by atoms with Gasteiger partial charge in [0.15, 0.2) is 5.82 Å². The Morgan fingerprint density at radius 1 is 1.36 bits per heavy atom. The molecule has 0 amide bonds. The summed E-state index contributed by atoms with van der Waals surface area (Å²) in [5.74, 6) is 1.82. The summed E-state index contributed by atoms with van der Waals surface area (Å²) in [6, 6.07) is 4.30. The molecule has 0 unspecified atom stereocenters. The Bertz CT molecular complexity index is 842. The quantitative estimate of drug-likeness (QED) is 0.848. The second-order valence-electron chi connectivity index (χ2n) is 6.37. The van der Waals surface area contributed by atoms with Crippen molar-refractivity contribution in [3.05, 3.63) is 24.0 Å². The number of benzene rings is 1. The summed E-state index contributed by atoms with van der Waals surface area (Å²) >= 11 is 0. The Morgan fingerprint density at radius 2 is 2.08 bits per heavy atom. The molecule has 0 saturated carbocycles. The summed E-state index contributed by atoms with van der Waals surface area (Å²) in [5.41, 5.74) is 0.413. The van der Waals surface area contributed by atoms with Crippen molar-refractivity contribution < 1.29 is 17.7 Å². The van der Waals surface area contributed by atoms with Crippen LogP contribution in [0.2, 0.25) is 0 Å². The van der Waals surface area contributed by atoms with Gasteiger partial charge in [0.2, 0.25) is 10.0 Å². The predicted octanol–water partition coefficient (Wildman–Crippen LogP) is 1.28. The van der Waals surface area contributed by atoms with Crippen LogP contribution in [0.4, 0.5) is 0 Å². The normalized spacial score (nSPS) is 16.9. The molecule has 0 atom stereocenters. The Labute approximate surface area is 147 Å². The van der Waals surface area contributed by atoms with E-state index in [9.17, 15) is 8.42 Å². The van der Waals surface area contributed by atoms with Crippen molar-refractivity contribution in [1.82, 2.24) is 15.0 Å². The molecule has 1 saturated heterocycles. The van der Waals surface area contributed by atoms with Crippen molar-refractivity contribution in [2.45, 2.75) is 24.2 Å². The molecule has 0 spiro atoms. The molecule has 8 nitrogen and oxygen atoms in total. The largest absolute Gasteiger partial charge is 0.496 e. The highest BCUT2D eigenvalue weighted by molar-refractivity contribution is 7.89. The third-order valence-corrected chi connectivity index (χ3v) is 5.42. The van der Waals surface area contributed by atoms with Crippen molar-refractivity contribution in [1.29, 1.82) is 0 Å². The lowest BCUT2D eigenvalue weighted by Gasteiger charge is -2.27. The van der Waals surface area contributed by atoms with E-state index in [0.29, 0.717) is 23.1 Å². The van der Waals surface area contributed by atoms with Gasteiger partial charge in [-0.2, -0.15) is 4.98 Å². The number of piperidine rings is 1. The van der Waals surface area contributed by atoms with Gasteiger partial charge in [0, 0.05) is 6.42 Å². The number of nitrogens with zero attached hydrogens (tertiary/aromatic N) is 3. The number of nitrogens with two attached hydrogens (primary N) is 1.